The lowest BCUT2D eigenvalue weighted by Crippen LogP contribution is -2.16. The van der Waals surface area contributed by atoms with Crippen molar-refractivity contribution in [2.24, 2.45) is 0 Å². The van der Waals surface area contributed by atoms with Gasteiger partial charge >= 0.3 is 0 Å². The summed E-state index contributed by atoms with van der Waals surface area (Å²) in [6, 6.07) is 9.40. The van der Waals surface area contributed by atoms with Crippen LogP contribution in [0.1, 0.15) is 41.3 Å². The van der Waals surface area contributed by atoms with E-state index in [1.807, 2.05) is 13.8 Å². The highest BCUT2D eigenvalue weighted by molar-refractivity contribution is 7.92. The van der Waals surface area contributed by atoms with E-state index in [1.165, 1.54) is 37.7 Å². The summed E-state index contributed by atoms with van der Waals surface area (Å²) < 4.78 is 68.4. The molecule has 0 atom stereocenters. The highest BCUT2D eigenvalue weighted by Crippen LogP contribution is 2.29. The molecule has 0 fully saturated rings. The van der Waals surface area contributed by atoms with Gasteiger partial charge in [-0.05, 0) is 41.8 Å². The summed E-state index contributed by atoms with van der Waals surface area (Å²) >= 11 is 0. The first-order valence-corrected chi connectivity index (χ1v) is 12.8. The molecule has 0 radical (unpaired) electrons. The Morgan fingerprint density at radius 2 is 1.84 bits per heavy atom. The second-order valence-corrected chi connectivity index (χ2v) is 10.2. The molecule has 0 aliphatic rings. The van der Waals surface area contributed by atoms with Gasteiger partial charge < -0.3 is 14.5 Å². The van der Waals surface area contributed by atoms with Crippen molar-refractivity contribution < 1.29 is 31.5 Å². The fourth-order valence-corrected chi connectivity index (χ4v) is 4.76. The largest absolute Gasteiger partial charge is 0.490 e. The Balaban J connectivity index is 1.67. The Morgan fingerprint density at radius 1 is 1.11 bits per heavy atom. The minimum absolute atomic E-state index is 0.0539. The van der Waals surface area contributed by atoms with E-state index >= 15 is 4.39 Å². The average molecular weight is 530 g/mol. The molecule has 2 aromatic heterocycles. The van der Waals surface area contributed by atoms with Crippen LogP contribution in [0.4, 0.5) is 14.5 Å². The van der Waals surface area contributed by atoms with Crippen molar-refractivity contribution >= 4 is 32.5 Å². The molecule has 0 saturated carbocycles. The number of aromatic amines is 1. The lowest BCUT2D eigenvalue weighted by atomic mass is 10.0. The molecule has 2 heterocycles. The van der Waals surface area contributed by atoms with Crippen LogP contribution < -0.4 is 9.46 Å². The van der Waals surface area contributed by atoms with Crippen LogP contribution in [0.25, 0.3) is 11.0 Å². The fraction of sp³-hybridized carbons (Fsp3) is 0.231. The molecule has 8 nitrogen and oxygen atoms in total. The Labute approximate surface area is 212 Å². The number of pyridine rings is 1. The molecule has 0 bridgehead atoms. The zero-order chi connectivity index (χ0) is 26.7. The number of aromatic nitrogens is 2. The van der Waals surface area contributed by atoms with Crippen LogP contribution in [0.2, 0.25) is 0 Å². The smallest absolute Gasteiger partial charge is 0.261 e. The van der Waals surface area contributed by atoms with E-state index in [-0.39, 0.29) is 28.4 Å². The number of carbonyl (C=O) groups is 1. The number of anilines is 1. The normalized spacial score (nSPS) is 11.7. The van der Waals surface area contributed by atoms with Crippen molar-refractivity contribution in [3.8, 4) is 5.75 Å². The monoisotopic (exact) mass is 529 g/mol. The molecule has 0 aliphatic carbocycles. The number of nitrogens with one attached hydrogen (secondary N) is 2. The molecule has 0 amide bonds. The van der Waals surface area contributed by atoms with E-state index in [4.69, 9.17) is 9.47 Å². The van der Waals surface area contributed by atoms with Crippen LogP contribution in [0.5, 0.6) is 5.75 Å². The van der Waals surface area contributed by atoms with Crippen molar-refractivity contribution in [3.63, 3.8) is 0 Å². The van der Waals surface area contributed by atoms with Gasteiger partial charge in [-0.1, -0.05) is 26.0 Å². The van der Waals surface area contributed by atoms with E-state index in [2.05, 4.69) is 14.7 Å². The number of ether oxygens (including phenoxy) is 2. The van der Waals surface area contributed by atoms with Gasteiger partial charge in [-0.2, -0.15) is 0 Å². The van der Waals surface area contributed by atoms with Crippen molar-refractivity contribution in [2.75, 3.05) is 25.0 Å². The molecule has 2 N–H and O–H groups in total. The number of carbonyl (C=O) groups excluding carboxylic acids is 1. The number of benzene rings is 2. The maximum Gasteiger partial charge on any atom is 0.261 e. The molecule has 0 saturated heterocycles. The third-order valence-corrected chi connectivity index (χ3v) is 7.11. The minimum atomic E-state index is -4.21. The first kappa shape index (κ1) is 26.2. The SMILES string of the molecule is COCCOc1cnc2[nH]cc(C(=O)c3c(F)ccc(NS(=O)(=O)c4ccc(C(C)C)cc4)c3F)c2c1. The highest BCUT2D eigenvalue weighted by Gasteiger charge is 2.26. The van der Waals surface area contributed by atoms with Gasteiger partial charge in [-0.15, -0.1) is 0 Å². The van der Waals surface area contributed by atoms with Crippen molar-refractivity contribution in [1.29, 1.82) is 0 Å². The van der Waals surface area contributed by atoms with Crippen LogP contribution >= 0.6 is 0 Å². The summed E-state index contributed by atoms with van der Waals surface area (Å²) in [4.78, 5) is 20.1. The topological polar surface area (TPSA) is 110 Å². The molecule has 194 valence electrons. The zero-order valence-corrected chi connectivity index (χ0v) is 21.2. The zero-order valence-electron chi connectivity index (χ0n) is 20.3. The van der Waals surface area contributed by atoms with Crippen LogP contribution in [-0.4, -0.2) is 44.5 Å². The van der Waals surface area contributed by atoms with E-state index in [9.17, 15) is 17.6 Å². The number of rotatable bonds is 10. The van der Waals surface area contributed by atoms with E-state index in [0.717, 1.165) is 17.7 Å². The summed E-state index contributed by atoms with van der Waals surface area (Å²) in [7, 11) is -2.68. The molecule has 4 aromatic rings. The quantitative estimate of drug-likeness (QED) is 0.220. The molecule has 0 spiro atoms. The predicted octanol–water partition coefficient (Wildman–Crippen LogP) is 5.02. The van der Waals surface area contributed by atoms with Gasteiger partial charge in [0.1, 0.15) is 23.8 Å². The summed E-state index contributed by atoms with van der Waals surface area (Å²) in [6.07, 6.45) is 2.72. The summed E-state index contributed by atoms with van der Waals surface area (Å²) in [6.45, 7) is 4.50. The highest BCUT2D eigenvalue weighted by atomic mass is 32.2. The van der Waals surface area contributed by atoms with Gasteiger partial charge in [0.15, 0.2) is 5.82 Å². The molecular formula is C26H25F2N3O5S. The maximum absolute atomic E-state index is 15.4. The van der Waals surface area contributed by atoms with Gasteiger partial charge in [0.25, 0.3) is 10.0 Å². The van der Waals surface area contributed by atoms with Crippen molar-refractivity contribution in [2.45, 2.75) is 24.7 Å². The predicted molar refractivity (Wildman–Crippen MR) is 135 cm³/mol. The van der Waals surface area contributed by atoms with Crippen molar-refractivity contribution in [1.82, 2.24) is 9.97 Å². The summed E-state index contributed by atoms with van der Waals surface area (Å²) in [5.74, 6) is -2.92. The Kier molecular flexibility index (Phi) is 7.55. The van der Waals surface area contributed by atoms with Gasteiger partial charge in [0.05, 0.1) is 29.0 Å². The molecule has 37 heavy (non-hydrogen) atoms. The van der Waals surface area contributed by atoms with Gasteiger partial charge in [0.2, 0.25) is 5.78 Å². The maximum atomic E-state index is 15.4. The van der Waals surface area contributed by atoms with Crippen LogP contribution in [-0.2, 0) is 14.8 Å². The Bertz CT molecular complexity index is 1550. The average Bonchev–Trinajstić information content (AvgIpc) is 3.29. The molecule has 0 unspecified atom stereocenters. The number of nitrogens with zero attached hydrogens (tertiary/aromatic N) is 1. The Hall–Kier alpha value is -3.83. The van der Waals surface area contributed by atoms with Crippen LogP contribution in [0, 0.1) is 11.6 Å². The summed E-state index contributed by atoms with van der Waals surface area (Å²) in [5, 5.41) is 0.287. The number of sulfonamides is 1. The van der Waals surface area contributed by atoms with Crippen LogP contribution in [0.15, 0.2) is 59.8 Å². The van der Waals surface area contributed by atoms with Gasteiger partial charge in [-0.3, -0.25) is 9.52 Å². The number of H-pyrrole nitrogens is 1. The number of hydrogen-bond donors (Lipinski definition) is 2. The first-order valence-electron chi connectivity index (χ1n) is 11.4. The number of ketones is 1. The summed E-state index contributed by atoms with van der Waals surface area (Å²) in [5.41, 5.74) is -0.270. The second-order valence-electron chi connectivity index (χ2n) is 8.55. The van der Waals surface area contributed by atoms with Gasteiger partial charge in [0, 0.05) is 24.3 Å². The minimum Gasteiger partial charge on any atom is -0.490 e. The van der Waals surface area contributed by atoms with Gasteiger partial charge in [-0.25, -0.2) is 22.2 Å². The third-order valence-electron chi connectivity index (χ3n) is 5.73. The number of fused-ring (bicyclic) bond motifs is 1. The number of methoxy groups -OCH3 is 1. The fourth-order valence-electron chi connectivity index (χ4n) is 3.70. The number of hydrogen-bond acceptors (Lipinski definition) is 6. The molecular weight excluding hydrogens is 504 g/mol. The molecule has 11 heteroatoms. The van der Waals surface area contributed by atoms with E-state index in [1.54, 1.807) is 12.1 Å². The number of halogens is 2. The molecule has 4 rings (SSSR count). The standard InChI is InChI=1S/C26H25F2N3O5S/c1-15(2)16-4-6-18(7-5-16)37(33,34)31-22-9-8-21(27)23(24(22)28)25(32)20-14-30-26-19(20)12-17(13-29-26)36-11-10-35-3/h4-9,12-15,31H,10-11H2,1-3H3,(H,29,30). The van der Waals surface area contributed by atoms with E-state index < -0.39 is 38.7 Å². The first-order chi connectivity index (χ1) is 17.6. The lowest BCUT2D eigenvalue weighted by Gasteiger charge is -2.13. The van der Waals surface area contributed by atoms with E-state index in [0.29, 0.717) is 18.0 Å². The van der Waals surface area contributed by atoms with Crippen molar-refractivity contribution in [3.05, 3.63) is 83.2 Å². The third kappa shape index (κ3) is 5.47. The lowest BCUT2D eigenvalue weighted by molar-refractivity contribution is 0.103. The second kappa shape index (κ2) is 10.7. The molecule has 2 aromatic carbocycles. The van der Waals surface area contributed by atoms with Crippen LogP contribution in [0.3, 0.4) is 0 Å². The Morgan fingerprint density at radius 3 is 2.51 bits per heavy atom. The molecule has 0 aliphatic heterocycles.